The van der Waals surface area contributed by atoms with Gasteiger partial charge < -0.3 is 10.6 Å². The van der Waals surface area contributed by atoms with E-state index in [4.69, 9.17) is 40.8 Å². The van der Waals surface area contributed by atoms with Crippen molar-refractivity contribution in [1.29, 1.82) is 0 Å². The van der Waals surface area contributed by atoms with E-state index in [0.29, 0.717) is 18.8 Å². The number of aliphatic imine (C=N–C) groups is 3. The van der Waals surface area contributed by atoms with E-state index in [-0.39, 0.29) is 21.7 Å². The average molecular weight is 845 g/mol. The summed E-state index contributed by atoms with van der Waals surface area (Å²) in [5, 5.41) is 4.85. The molecule has 4 rings (SSSR count). The fourth-order valence-corrected chi connectivity index (χ4v) is 6.54. The van der Waals surface area contributed by atoms with Gasteiger partial charge in [0.15, 0.2) is 0 Å². The number of hydrogen-bond donors (Lipinski definition) is 1. The van der Waals surface area contributed by atoms with Gasteiger partial charge in [-0.3, -0.25) is 15.0 Å². The minimum Gasteiger partial charge on any atom is -0.402 e. The first-order chi connectivity index (χ1) is 29.0. The van der Waals surface area contributed by atoms with Crippen LogP contribution in [0.2, 0.25) is 0 Å². The summed E-state index contributed by atoms with van der Waals surface area (Å²) < 4.78 is 2.05. The van der Waals surface area contributed by atoms with Crippen LogP contribution in [0.25, 0.3) is 5.69 Å². The Kier molecular flexibility index (Phi) is 19.0. The molecule has 0 radical (unpaired) electrons. The number of benzene rings is 2. The molecular formula is C52H80N10. The second-order valence-electron chi connectivity index (χ2n) is 20.4. The van der Waals surface area contributed by atoms with E-state index in [1.165, 1.54) is 25.7 Å². The van der Waals surface area contributed by atoms with Crippen molar-refractivity contribution in [3.8, 4) is 5.69 Å². The number of anilines is 1. The lowest BCUT2D eigenvalue weighted by Crippen LogP contribution is -2.31. The van der Waals surface area contributed by atoms with Crippen molar-refractivity contribution in [2.75, 3.05) is 31.1 Å². The highest BCUT2D eigenvalue weighted by Crippen LogP contribution is 2.30. The third-order valence-corrected chi connectivity index (χ3v) is 10.0. The molecule has 0 saturated carbocycles. The van der Waals surface area contributed by atoms with Gasteiger partial charge in [0.05, 0.1) is 28.5 Å². The number of unbranched alkanes of at least 4 members (excludes halogenated alkanes) is 2. The number of aromatic nitrogens is 5. The quantitative estimate of drug-likeness (QED) is 0.0885. The normalized spacial score (nSPS) is 13.4. The zero-order valence-corrected chi connectivity index (χ0v) is 41.4. The Labute approximate surface area is 375 Å². The smallest absolute Gasteiger partial charge is 0.228 e. The van der Waals surface area contributed by atoms with Gasteiger partial charge in [-0.1, -0.05) is 146 Å². The van der Waals surface area contributed by atoms with Gasteiger partial charge in [-0.05, 0) is 57.4 Å². The number of aryl methyl sites for hydroxylation is 1. The molecular weight excluding hydrogens is 765 g/mol. The molecule has 4 aromatic rings. The summed E-state index contributed by atoms with van der Waals surface area (Å²) >= 11 is 0. The lowest BCUT2D eigenvalue weighted by Gasteiger charge is -2.27. The van der Waals surface area contributed by atoms with Crippen LogP contribution >= 0.6 is 0 Å². The van der Waals surface area contributed by atoms with Crippen LogP contribution in [-0.4, -0.2) is 69.1 Å². The first kappa shape index (κ1) is 51.4. The van der Waals surface area contributed by atoms with Crippen LogP contribution in [0.1, 0.15) is 165 Å². The number of hydrogen-bond acceptors (Lipinski definition) is 9. The van der Waals surface area contributed by atoms with Crippen LogP contribution in [0, 0.1) is 12.3 Å². The maximum absolute atomic E-state index is 6.30. The van der Waals surface area contributed by atoms with E-state index in [2.05, 4.69) is 114 Å². The molecule has 62 heavy (non-hydrogen) atoms. The van der Waals surface area contributed by atoms with Gasteiger partial charge >= 0.3 is 0 Å². The molecule has 0 bridgehead atoms. The summed E-state index contributed by atoms with van der Waals surface area (Å²) in [6.45, 7) is 37.9. The van der Waals surface area contributed by atoms with Gasteiger partial charge in [0, 0.05) is 77.1 Å². The van der Waals surface area contributed by atoms with E-state index in [9.17, 15) is 0 Å². The Hall–Kier alpha value is -4.99. The summed E-state index contributed by atoms with van der Waals surface area (Å²) in [6, 6.07) is 20.2. The van der Waals surface area contributed by atoms with E-state index >= 15 is 0 Å². The summed E-state index contributed by atoms with van der Waals surface area (Å²) in [5.41, 5.74) is 13.6. The third-order valence-electron chi connectivity index (χ3n) is 10.0. The van der Waals surface area contributed by atoms with Gasteiger partial charge in [-0.2, -0.15) is 15.1 Å². The molecule has 2 N–H and O–H groups in total. The van der Waals surface area contributed by atoms with E-state index in [1.54, 1.807) is 0 Å². The predicted molar refractivity (Wildman–Crippen MR) is 267 cm³/mol. The van der Waals surface area contributed by atoms with Crippen LogP contribution in [-0.2, 0) is 16.2 Å². The van der Waals surface area contributed by atoms with Crippen molar-refractivity contribution in [2.24, 2.45) is 26.1 Å². The number of para-hydroxylation sites is 2. The molecule has 2 aromatic carbocycles. The van der Waals surface area contributed by atoms with Gasteiger partial charge in [0.1, 0.15) is 11.6 Å². The maximum atomic E-state index is 6.30. The Morgan fingerprint density at radius 3 is 1.68 bits per heavy atom. The topological polar surface area (TPSA) is 123 Å². The molecule has 0 spiro atoms. The Bertz CT molecular complexity index is 2050. The molecule has 2 aromatic heterocycles. The maximum Gasteiger partial charge on any atom is 0.228 e. The largest absolute Gasteiger partial charge is 0.402 e. The molecule has 338 valence electrons. The highest BCUT2D eigenvalue weighted by atomic mass is 15.3. The molecule has 0 unspecified atom stereocenters. The first-order valence-electron chi connectivity index (χ1n) is 22.8. The molecule has 10 heteroatoms. The van der Waals surface area contributed by atoms with Crippen molar-refractivity contribution in [3.05, 3.63) is 101 Å². The Morgan fingerprint density at radius 1 is 0.694 bits per heavy atom. The summed E-state index contributed by atoms with van der Waals surface area (Å²) in [6.07, 6.45) is 9.40. The van der Waals surface area contributed by atoms with Gasteiger partial charge in [-0.15, -0.1) is 0 Å². The summed E-state index contributed by atoms with van der Waals surface area (Å²) in [4.78, 5) is 31.2. The van der Waals surface area contributed by atoms with E-state index < -0.39 is 0 Å². The zero-order valence-electron chi connectivity index (χ0n) is 41.4. The van der Waals surface area contributed by atoms with Gasteiger partial charge in [0.25, 0.3) is 0 Å². The van der Waals surface area contributed by atoms with Crippen LogP contribution < -0.4 is 10.6 Å². The van der Waals surface area contributed by atoms with E-state index in [0.717, 1.165) is 76.7 Å². The fourth-order valence-electron chi connectivity index (χ4n) is 6.54. The van der Waals surface area contributed by atoms with Crippen molar-refractivity contribution in [1.82, 2.24) is 24.7 Å². The third kappa shape index (κ3) is 15.7. The van der Waals surface area contributed by atoms with Crippen LogP contribution in [0.5, 0.6) is 0 Å². The molecule has 0 atom stereocenters. The van der Waals surface area contributed by atoms with Crippen molar-refractivity contribution < 1.29 is 0 Å². The first-order valence-corrected chi connectivity index (χ1v) is 22.8. The SMILES string of the molecule is CC(N)=C(C=NCCCN=Cc1c(C)nn(-c2ccccc2)c1C(C)(C)C)C(=Nc1ccccc1)C(C)(C)C.CCCCN(CCCC)c1nc(C(C)(C)C)nc(C(C)(C)C)n1. The zero-order chi connectivity index (χ0) is 46.3. The monoisotopic (exact) mass is 845 g/mol. The molecule has 0 aliphatic rings. The lowest BCUT2D eigenvalue weighted by atomic mass is 9.84. The Balaban J connectivity index is 0.000000380. The van der Waals surface area contributed by atoms with Gasteiger partial charge in [0.2, 0.25) is 5.95 Å². The standard InChI is InChI=1S/C33H44N6.C19H36N4/c1-24(34)28(30(32(3,4)5)37-26-16-11-9-12-17-26)22-35-20-15-21-36-23-29-25(2)38-39(31(29)33(6,7)8)27-18-13-10-14-19-27;1-9-11-13-23(14-12-10-2)17-21-15(18(3,4)5)20-16(22-17)19(6,7)8/h9-14,16-19,22-23H,15,20-21,34H2,1-8H3;9-14H2,1-8H3. The average Bonchev–Trinajstić information content (AvgIpc) is 3.54. The minimum absolute atomic E-state index is 0.0706. The number of nitrogens with zero attached hydrogens (tertiary/aromatic N) is 9. The fraction of sp³-hybridized carbons (Fsp3) is 0.558. The van der Waals surface area contributed by atoms with Crippen LogP contribution in [0.4, 0.5) is 11.6 Å². The molecule has 0 saturated heterocycles. The molecule has 0 amide bonds. The second kappa shape index (κ2) is 22.9. The predicted octanol–water partition coefficient (Wildman–Crippen LogP) is 12.3. The molecule has 0 aliphatic carbocycles. The number of allylic oxidation sites excluding steroid dienone is 2. The van der Waals surface area contributed by atoms with Crippen molar-refractivity contribution in [2.45, 2.75) is 159 Å². The summed E-state index contributed by atoms with van der Waals surface area (Å²) in [7, 11) is 0. The van der Waals surface area contributed by atoms with Crippen molar-refractivity contribution >= 4 is 29.8 Å². The molecule has 10 nitrogen and oxygen atoms in total. The van der Waals surface area contributed by atoms with Crippen LogP contribution in [0.15, 0.2) is 86.9 Å². The second-order valence-corrected chi connectivity index (χ2v) is 20.4. The van der Waals surface area contributed by atoms with E-state index in [1.807, 2.05) is 79.5 Å². The number of nitrogens with two attached hydrogens (primary N) is 1. The lowest BCUT2D eigenvalue weighted by molar-refractivity contribution is 0.492. The highest BCUT2D eigenvalue weighted by molar-refractivity contribution is 6.19. The minimum atomic E-state index is -0.186. The van der Waals surface area contributed by atoms with Crippen molar-refractivity contribution in [3.63, 3.8) is 0 Å². The Morgan fingerprint density at radius 2 is 1.21 bits per heavy atom. The van der Waals surface area contributed by atoms with Gasteiger partial charge in [-0.25, -0.2) is 9.67 Å². The molecule has 0 fully saturated rings. The highest BCUT2D eigenvalue weighted by Gasteiger charge is 2.28. The molecule has 0 aliphatic heterocycles. The number of rotatable bonds is 16. The molecule has 2 heterocycles. The van der Waals surface area contributed by atoms with Crippen LogP contribution in [0.3, 0.4) is 0 Å². The summed E-state index contributed by atoms with van der Waals surface area (Å²) in [5.74, 6) is 2.65.